The molecule has 5 nitrogen and oxygen atoms in total. The summed E-state index contributed by atoms with van der Waals surface area (Å²) < 4.78 is 2.15. The van der Waals surface area contributed by atoms with E-state index in [2.05, 4.69) is 75.6 Å². The highest BCUT2D eigenvalue weighted by molar-refractivity contribution is 5.79. The van der Waals surface area contributed by atoms with Crippen LogP contribution in [0.5, 0.6) is 0 Å². The molecule has 2 N–H and O–H groups in total. The minimum absolute atomic E-state index is 0.542. The molecule has 3 rings (SSSR count). The van der Waals surface area contributed by atoms with Crippen molar-refractivity contribution in [3.63, 3.8) is 0 Å². The summed E-state index contributed by atoms with van der Waals surface area (Å²) in [6.07, 6.45) is 4.81. The van der Waals surface area contributed by atoms with E-state index in [9.17, 15) is 0 Å². The number of benzene rings is 2. The van der Waals surface area contributed by atoms with Crippen molar-refractivity contribution in [1.29, 1.82) is 0 Å². The van der Waals surface area contributed by atoms with Crippen molar-refractivity contribution in [2.45, 2.75) is 26.4 Å². The second-order valence-corrected chi connectivity index (χ2v) is 6.31. The quantitative estimate of drug-likeness (QED) is 0.478. The average molecular weight is 361 g/mol. The van der Waals surface area contributed by atoms with Crippen molar-refractivity contribution >= 4 is 5.96 Å². The second kappa shape index (κ2) is 10.2. The van der Waals surface area contributed by atoms with Gasteiger partial charge in [0.25, 0.3) is 0 Å². The van der Waals surface area contributed by atoms with Gasteiger partial charge in [-0.05, 0) is 24.5 Å². The molecular formula is C22H27N5. The van der Waals surface area contributed by atoms with E-state index >= 15 is 0 Å². The van der Waals surface area contributed by atoms with Crippen LogP contribution in [0.4, 0.5) is 0 Å². The molecule has 0 saturated heterocycles. The SMILES string of the molecule is CCNC(=NCc1nccn1Cc1ccccc1)NCCc1ccccc1. The number of hydrogen-bond donors (Lipinski definition) is 2. The van der Waals surface area contributed by atoms with Crippen molar-refractivity contribution in [3.05, 3.63) is 90.0 Å². The molecule has 140 valence electrons. The molecule has 0 aliphatic carbocycles. The summed E-state index contributed by atoms with van der Waals surface area (Å²) in [5.74, 6) is 1.78. The van der Waals surface area contributed by atoms with Crippen LogP contribution in [0.25, 0.3) is 0 Å². The lowest BCUT2D eigenvalue weighted by atomic mass is 10.1. The Morgan fingerprint density at radius 3 is 2.37 bits per heavy atom. The molecule has 0 atom stereocenters. The van der Waals surface area contributed by atoms with Crippen LogP contribution < -0.4 is 10.6 Å². The van der Waals surface area contributed by atoms with Gasteiger partial charge in [-0.15, -0.1) is 0 Å². The molecule has 1 heterocycles. The Labute approximate surface area is 161 Å². The molecule has 0 aliphatic rings. The van der Waals surface area contributed by atoms with Crippen molar-refractivity contribution in [3.8, 4) is 0 Å². The average Bonchev–Trinajstić information content (AvgIpc) is 3.14. The van der Waals surface area contributed by atoms with E-state index in [0.29, 0.717) is 6.54 Å². The van der Waals surface area contributed by atoms with Gasteiger partial charge in [-0.3, -0.25) is 0 Å². The lowest BCUT2D eigenvalue weighted by molar-refractivity contribution is 0.716. The third-order valence-electron chi connectivity index (χ3n) is 4.27. The molecule has 0 spiro atoms. The van der Waals surface area contributed by atoms with Crippen LogP contribution >= 0.6 is 0 Å². The molecule has 0 aliphatic heterocycles. The monoisotopic (exact) mass is 361 g/mol. The molecule has 5 heteroatoms. The van der Waals surface area contributed by atoms with Gasteiger partial charge in [-0.1, -0.05) is 60.7 Å². The summed E-state index contributed by atoms with van der Waals surface area (Å²) in [7, 11) is 0. The summed E-state index contributed by atoms with van der Waals surface area (Å²) in [6.45, 7) is 5.10. The van der Waals surface area contributed by atoms with Gasteiger partial charge in [0.2, 0.25) is 0 Å². The molecule has 0 radical (unpaired) electrons. The molecular weight excluding hydrogens is 334 g/mol. The van der Waals surface area contributed by atoms with Crippen LogP contribution in [0, 0.1) is 0 Å². The maximum absolute atomic E-state index is 4.70. The van der Waals surface area contributed by atoms with Gasteiger partial charge in [0, 0.05) is 32.0 Å². The van der Waals surface area contributed by atoms with Crippen molar-refractivity contribution in [2.24, 2.45) is 4.99 Å². The molecule has 0 saturated carbocycles. The van der Waals surface area contributed by atoms with Gasteiger partial charge < -0.3 is 15.2 Å². The molecule has 3 aromatic rings. The summed E-state index contributed by atoms with van der Waals surface area (Å²) in [4.78, 5) is 9.17. The molecule has 0 bridgehead atoms. The number of nitrogens with one attached hydrogen (secondary N) is 2. The highest BCUT2D eigenvalue weighted by Crippen LogP contribution is 2.06. The molecule has 1 aromatic heterocycles. The fraction of sp³-hybridized carbons (Fsp3) is 0.273. The normalized spacial score (nSPS) is 11.4. The fourth-order valence-corrected chi connectivity index (χ4v) is 2.88. The topological polar surface area (TPSA) is 54.2 Å². The largest absolute Gasteiger partial charge is 0.357 e. The van der Waals surface area contributed by atoms with Gasteiger partial charge in [0.15, 0.2) is 5.96 Å². The van der Waals surface area contributed by atoms with Gasteiger partial charge in [0.1, 0.15) is 12.4 Å². The first-order valence-electron chi connectivity index (χ1n) is 9.45. The first-order valence-corrected chi connectivity index (χ1v) is 9.45. The summed E-state index contributed by atoms with van der Waals surface area (Å²) in [5, 5.41) is 6.70. The van der Waals surface area contributed by atoms with E-state index in [4.69, 9.17) is 4.99 Å². The maximum Gasteiger partial charge on any atom is 0.191 e. The number of imidazole rings is 1. The zero-order chi connectivity index (χ0) is 18.7. The molecule has 0 amide bonds. The van der Waals surface area contributed by atoms with Crippen LogP contribution in [-0.2, 0) is 19.5 Å². The van der Waals surface area contributed by atoms with Crippen LogP contribution in [-0.4, -0.2) is 28.6 Å². The van der Waals surface area contributed by atoms with Crippen molar-refractivity contribution < 1.29 is 0 Å². The van der Waals surface area contributed by atoms with Gasteiger partial charge in [-0.25, -0.2) is 9.98 Å². The molecule has 2 aromatic carbocycles. The predicted octanol–water partition coefficient (Wildman–Crippen LogP) is 3.23. The minimum atomic E-state index is 0.542. The first-order chi connectivity index (χ1) is 13.3. The Morgan fingerprint density at radius 2 is 1.67 bits per heavy atom. The predicted molar refractivity (Wildman–Crippen MR) is 111 cm³/mol. The van der Waals surface area contributed by atoms with Crippen molar-refractivity contribution in [2.75, 3.05) is 13.1 Å². The van der Waals surface area contributed by atoms with Gasteiger partial charge in [-0.2, -0.15) is 0 Å². The van der Waals surface area contributed by atoms with Crippen LogP contribution in [0.1, 0.15) is 23.9 Å². The first kappa shape index (κ1) is 18.7. The highest BCUT2D eigenvalue weighted by atomic mass is 15.2. The van der Waals surface area contributed by atoms with Crippen LogP contribution in [0.2, 0.25) is 0 Å². The summed E-state index contributed by atoms with van der Waals surface area (Å²) >= 11 is 0. The second-order valence-electron chi connectivity index (χ2n) is 6.31. The summed E-state index contributed by atoms with van der Waals surface area (Å²) in [5.41, 5.74) is 2.58. The third-order valence-corrected chi connectivity index (χ3v) is 4.27. The van der Waals surface area contributed by atoms with E-state index in [-0.39, 0.29) is 0 Å². The molecule has 27 heavy (non-hydrogen) atoms. The Hall–Kier alpha value is -3.08. The highest BCUT2D eigenvalue weighted by Gasteiger charge is 2.04. The number of aliphatic imine (C=N–C) groups is 1. The number of guanidine groups is 1. The van der Waals surface area contributed by atoms with E-state index in [0.717, 1.165) is 37.8 Å². The van der Waals surface area contributed by atoms with Gasteiger partial charge in [0.05, 0.1) is 0 Å². The number of rotatable bonds is 8. The summed E-state index contributed by atoms with van der Waals surface area (Å²) in [6, 6.07) is 20.9. The van der Waals surface area contributed by atoms with Gasteiger partial charge >= 0.3 is 0 Å². The molecule has 0 fully saturated rings. The fourth-order valence-electron chi connectivity index (χ4n) is 2.88. The minimum Gasteiger partial charge on any atom is -0.357 e. The number of nitrogens with zero attached hydrogens (tertiary/aromatic N) is 3. The zero-order valence-electron chi connectivity index (χ0n) is 15.8. The van der Waals surface area contributed by atoms with Crippen LogP contribution in [0.15, 0.2) is 78.0 Å². The lowest BCUT2D eigenvalue weighted by Gasteiger charge is -2.12. The van der Waals surface area contributed by atoms with Crippen LogP contribution in [0.3, 0.4) is 0 Å². The smallest absolute Gasteiger partial charge is 0.191 e. The zero-order valence-corrected chi connectivity index (χ0v) is 15.8. The Bertz CT molecular complexity index is 824. The Kier molecular flexibility index (Phi) is 7.04. The lowest BCUT2D eigenvalue weighted by Crippen LogP contribution is -2.38. The van der Waals surface area contributed by atoms with E-state index in [1.54, 1.807) is 0 Å². The van der Waals surface area contributed by atoms with E-state index < -0.39 is 0 Å². The number of hydrogen-bond acceptors (Lipinski definition) is 2. The van der Waals surface area contributed by atoms with E-state index in [1.165, 1.54) is 11.1 Å². The standard InChI is InChI=1S/C22H27N5/c1-2-23-22(25-14-13-19-9-5-3-6-10-19)26-17-21-24-15-16-27(21)18-20-11-7-4-8-12-20/h3-12,15-16H,2,13-14,17-18H2,1H3,(H2,23,25,26). The van der Waals surface area contributed by atoms with Crippen molar-refractivity contribution in [1.82, 2.24) is 20.2 Å². The maximum atomic E-state index is 4.70. The molecule has 0 unspecified atom stereocenters. The number of aromatic nitrogens is 2. The van der Waals surface area contributed by atoms with E-state index in [1.807, 2.05) is 24.5 Å². The third kappa shape index (κ3) is 5.99. The Morgan fingerprint density at radius 1 is 0.963 bits per heavy atom. The Balaban J connectivity index is 1.57.